The Kier molecular flexibility index (Phi) is 4.28. The lowest BCUT2D eigenvalue weighted by atomic mass is 9.95. The maximum absolute atomic E-state index is 5.93. The highest BCUT2D eigenvalue weighted by Crippen LogP contribution is 2.31. The Balaban J connectivity index is 1.99. The molecule has 3 nitrogen and oxygen atoms in total. The molecule has 106 valence electrons. The predicted octanol–water partition coefficient (Wildman–Crippen LogP) is 3.45. The van der Waals surface area contributed by atoms with E-state index < -0.39 is 0 Å². The van der Waals surface area contributed by atoms with E-state index in [1.807, 2.05) is 12.4 Å². The van der Waals surface area contributed by atoms with Gasteiger partial charge in [0.25, 0.3) is 0 Å². The number of pyridine rings is 1. The maximum Gasteiger partial charge on any atom is 0.0770 e. The Bertz CT molecular complexity index is 558. The van der Waals surface area contributed by atoms with Crippen LogP contribution in [0.4, 0.5) is 0 Å². The number of ether oxygens (including phenoxy) is 1. The van der Waals surface area contributed by atoms with Crippen LogP contribution in [0.5, 0.6) is 0 Å². The molecule has 0 bridgehead atoms. The fourth-order valence-corrected chi connectivity index (χ4v) is 3.02. The van der Waals surface area contributed by atoms with Crippen LogP contribution in [-0.2, 0) is 4.74 Å². The van der Waals surface area contributed by atoms with Crippen molar-refractivity contribution >= 4 is 10.8 Å². The molecular weight excluding hydrogens is 248 g/mol. The van der Waals surface area contributed by atoms with Crippen LogP contribution in [0, 0.1) is 0 Å². The van der Waals surface area contributed by atoms with Gasteiger partial charge < -0.3 is 10.1 Å². The number of hydrogen-bond donors (Lipinski definition) is 1. The van der Waals surface area contributed by atoms with E-state index in [9.17, 15) is 0 Å². The number of nitrogens with zero attached hydrogens (tertiary/aromatic N) is 1. The summed E-state index contributed by atoms with van der Waals surface area (Å²) in [5.41, 5.74) is 1.32. The van der Waals surface area contributed by atoms with Crippen molar-refractivity contribution in [3.8, 4) is 0 Å². The smallest absolute Gasteiger partial charge is 0.0770 e. The minimum Gasteiger partial charge on any atom is -0.376 e. The number of hydrogen-bond acceptors (Lipinski definition) is 3. The van der Waals surface area contributed by atoms with Crippen LogP contribution in [0.3, 0.4) is 0 Å². The highest BCUT2D eigenvalue weighted by atomic mass is 16.5. The van der Waals surface area contributed by atoms with E-state index in [1.165, 1.54) is 16.3 Å². The molecule has 1 aromatic heterocycles. The highest BCUT2D eigenvalue weighted by molar-refractivity contribution is 5.85. The van der Waals surface area contributed by atoms with E-state index >= 15 is 0 Å². The molecule has 2 unspecified atom stereocenters. The molecule has 3 heteroatoms. The van der Waals surface area contributed by atoms with E-state index in [0.29, 0.717) is 0 Å². The third-order valence-corrected chi connectivity index (χ3v) is 4.00. The first-order chi connectivity index (χ1) is 9.90. The summed E-state index contributed by atoms with van der Waals surface area (Å²) in [5.74, 6) is 0. The van der Waals surface area contributed by atoms with Gasteiger partial charge in [-0.1, -0.05) is 25.1 Å². The zero-order valence-corrected chi connectivity index (χ0v) is 12.0. The molecule has 3 rings (SSSR count). The van der Waals surface area contributed by atoms with Crippen molar-refractivity contribution in [2.75, 3.05) is 13.2 Å². The fourth-order valence-electron chi connectivity index (χ4n) is 3.02. The first-order valence-corrected chi connectivity index (χ1v) is 7.58. The minimum absolute atomic E-state index is 0.269. The van der Waals surface area contributed by atoms with Gasteiger partial charge in [0.15, 0.2) is 0 Å². The zero-order valence-electron chi connectivity index (χ0n) is 12.0. The van der Waals surface area contributed by atoms with Crippen molar-refractivity contribution in [3.05, 3.63) is 42.2 Å². The van der Waals surface area contributed by atoms with Crippen LogP contribution >= 0.6 is 0 Å². The van der Waals surface area contributed by atoms with Gasteiger partial charge in [0.05, 0.1) is 12.1 Å². The second-order valence-electron chi connectivity index (χ2n) is 5.43. The maximum atomic E-state index is 5.93. The minimum atomic E-state index is 0.269. The fraction of sp³-hybridized carbons (Fsp3) is 0.471. The summed E-state index contributed by atoms with van der Waals surface area (Å²) in [6.07, 6.45) is 7.54. The topological polar surface area (TPSA) is 34.2 Å². The lowest BCUT2D eigenvalue weighted by Gasteiger charge is -2.26. The Morgan fingerprint density at radius 1 is 1.40 bits per heavy atom. The molecule has 2 atom stereocenters. The van der Waals surface area contributed by atoms with Gasteiger partial charge in [-0.3, -0.25) is 4.98 Å². The van der Waals surface area contributed by atoms with Gasteiger partial charge in [0.1, 0.15) is 0 Å². The molecule has 20 heavy (non-hydrogen) atoms. The van der Waals surface area contributed by atoms with Crippen LogP contribution in [0.25, 0.3) is 10.8 Å². The van der Waals surface area contributed by atoms with Gasteiger partial charge in [0.2, 0.25) is 0 Å². The lowest BCUT2D eigenvalue weighted by Crippen LogP contribution is -2.32. The summed E-state index contributed by atoms with van der Waals surface area (Å²) < 4.78 is 5.93. The number of nitrogens with one attached hydrogen (secondary N) is 1. The van der Waals surface area contributed by atoms with Crippen LogP contribution in [0.15, 0.2) is 36.7 Å². The molecular formula is C17H22N2O. The van der Waals surface area contributed by atoms with E-state index in [2.05, 4.69) is 41.5 Å². The summed E-state index contributed by atoms with van der Waals surface area (Å²) in [5, 5.41) is 6.15. The summed E-state index contributed by atoms with van der Waals surface area (Å²) in [7, 11) is 0. The molecule has 2 heterocycles. The molecule has 2 aromatic rings. The van der Waals surface area contributed by atoms with E-state index in [4.69, 9.17) is 4.74 Å². The van der Waals surface area contributed by atoms with Gasteiger partial charge in [0, 0.05) is 24.4 Å². The Hall–Kier alpha value is -1.45. The molecule has 1 aliphatic rings. The Labute approximate surface area is 120 Å². The van der Waals surface area contributed by atoms with Gasteiger partial charge in [-0.15, -0.1) is 0 Å². The van der Waals surface area contributed by atoms with Crippen molar-refractivity contribution < 1.29 is 4.74 Å². The largest absolute Gasteiger partial charge is 0.376 e. The summed E-state index contributed by atoms with van der Waals surface area (Å²) in [4.78, 5) is 4.29. The average molecular weight is 270 g/mol. The summed E-state index contributed by atoms with van der Waals surface area (Å²) in [6, 6.07) is 8.83. The number of fused-ring (bicyclic) bond motifs is 1. The first-order valence-electron chi connectivity index (χ1n) is 7.58. The normalized spacial score (nSPS) is 20.4. The third kappa shape index (κ3) is 2.69. The number of benzene rings is 1. The summed E-state index contributed by atoms with van der Waals surface area (Å²) >= 11 is 0. The van der Waals surface area contributed by atoms with E-state index in [-0.39, 0.29) is 12.1 Å². The monoisotopic (exact) mass is 270 g/mol. The second-order valence-corrected chi connectivity index (χ2v) is 5.43. The molecule has 0 saturated carbocycles. The molecule has 0 radical (unpaired) electrons. The molecule has 1 aromatic carbocycles. The molecule has 0 amide bonds. The van der Waals surface area contributed by atoms with Crippen LogP contribution in [0.1, 0.15) is 37.8 Å². The zero-order chi connectivity index (χ0) is 13.8. The SMILES string of the molecule is CCCNC(c1cccc2ccncc12)C1CCCO1. The van der Waals surface area contributed by atoms with Crippen molar-refractivity contribution in [2.45, 2.75) is 38.3 Å². The van der Waals surface area contributed by atoms with Crippen molar-refractivity contribution in [3.63, 3.8) is 0 Å². The number of rotatable bonds is 5. The van der Waals surface area contributed by atoms with E-state index in [1.54, 1.807) is 0 Å². The lowest BCUT2D eigenvalue weighted by molar-refractivity contribution is 0.0787. The standard InChI is InChI=1S/C17H22N2O/c1-2-9-19-17(16-7-4-11-20-16)14-6-3-5-13-8-10-18-12-15(13)14/h3,5-6,8,10,12,16-17,19H,2,4,7,9,11H2,1H3. The Morgan fingerprint density at radius 2 is 2.35 bits per heavy atom. The van der Waals surface area contributed by atoms with Crippen LogP contribution < -0.4 is 5.32 Å². The van der Waals surface area contributed by atoms with Crippen LogP contribution in [0.2, 0.25) is 0 Å². The molecule has 0 aliphatic carbocycles. The third-order valence-electron chi connectivity index (χ3n) is 4.00. The van der Waals surface area contributed by atoms with E-state index in [0.717, 1.165) is 32.4 Å². The van der Waals surface area contributed by atoms with Crippen molar-refractivity contribution in [2.24, 2.45) is 0 Å². The van der Waals surface area contributed by atoms with Gasteiger partial charge in [-0.2, -0.15) is 0 Å². The number of aromatic nitrogens is 1. The molecule has 1 aliphatic heterocycles. The quantitative estimate of drug-likeness (QED) is 0.903. The molecule has 1 N–H and O–H groups in total. The summed E-state index contributed by atoms with van der Waals surface area (Å²) in [6.45, 7) is 4.10. The van der Waals surface area contributed by atoms with Crippen molar-refractivity contribution in [1.82, 2.24) is 10.3 Å². The van der Waals surface area contributed by atoms with Gasteiger partial charge in [-0.05, 0) is 42.8 Å². The first kappa shape index (κ1) is 13.5. The molecule has 1 fully saturated rings. The van der Waals surface area contributed by atoms with Crippen LogP contribution in [-0.4, -0.2) is 24.2 Å². The highest BCUT2D eigenvalue weighted by Gasteiger charge is 2.27. The van der Waals surface area contributed by atoms with Gasteiger partial charge in [-0.25, -0.2) is 0 Å². The average Bonchev–Trinajstić information content (AvgIpc) is 3.02. The van der Waals surface area contributed by atoms with Crippen molar-refractivity contribution in [1.29, 1.82) is 0 Å². The predicted molar refractivity (Wildman–Crippen MR) is 81.8 cm³/mol. The second kappa shape index (κ2) is 6.33. The van der Waals surface area contributed by atoms with Gasteiger partial charge >= 0.3 is 0 Å². The molecule has 1 saturated heterocycles. The molecule has 0 spiro atoms. The Morgan fingerprint density at radius 3 is 3.15 bits per heavy atom.